The smallest absolute Gasteiger partial charge is 0.252 e. The molecule has 0 fully saturated rings. The van der Waals surface area contributed by atoms with Crippen LogP contribution in [-0.2, 0) is 4.79 Å². The molecule has 0 aliphatic rings. The molecule has 0 saturated carbocycles. The zero-order chi connectivity index (χ0) is 22.3. The molecule has 1 aromatic heterocycles. The Labute approximate surface area is 177 Å². The van der Waals surface area contributed by atoms with E-state index in [1.54, 1.807) is 24.5 Å². The summed E-state index contributed by atoms with van der Waals surface area (Å²) in [6.45, 7) is 4.12. The van der Waals surface area contributed by atoms with Crippen LogP contribution in [0.1, 0.15) is 36.0 Å². The first-order valence-electron chi connectivity index (χ1n) is 9.78. The molecule has 2 amide bonds. The number of nitrogens with zero attached hydrogens (tertiary/aromatic N) is 1. The Balaban J connectivity index is 2.09. The summed E-state index contributed by atoms with van der Waals surface area (Å²) in [5, 5.41) is 5.75. The molecule has 2 N–H and O–H groups in total. The number of nitrogens with one attached hydrogen (secondary N) is 2. The van der Waals surface area contributed by atoms with Crippen molar-refractivity contribution in [1.29, 1.82) is 0 Å². The van der Waals surface area contributed by atoms with Crippen LogP contribution in [-0.4, -0.2) is 57.6 Å². The molecule has 2 atom stereocenters. The number of rotatable bonds is 10. The summed E-state index contributed by atoms with van der Waals surface area (Å²) in [6.07, 6.45) is 1.60. The Hall–Kier alpha value is -3.00. The van der Waals surface area contributed by atoms with E-state index in [1.807, 2.05) is 45.0 Å². The molecule has 8 heteroatoms. The van der Waals surface area contributed by atoms with E-state index in [4.69, 9.17) is 13.9 Å². The van der Waals surface area contributed by atoms with Gasteiger partial charge in [-0.2, -0.15) is 0 Å². The van der Waals surface area contributed by atoms with Crippen LogP contribution in [0.4, 0.5) is 0 Å². The van der Waals surface area contributed by atoms with E-state index in [0.29, 0.717) is 23.6 Å². The minimum Gasteiger partial charge on any atom is -0.497 e. The van der Waals surface area contributed by atoms with E-state index in [-0.39, 0.29) is 23.8 Å². The highest BCUT2D eigenvalue weighted by Crippen LogP contribution is 2.23. The van der Waals surface area contributed by atoms with Crippen LogP contribution >= 0.6 is 0 Å². The Bertz CT molecular complexity index is 811. The van der Waals surface area contributed by atoms with Gasteiger partial charge in [-0.05, 0) is 44.3 Å². The Morgan fingerprint density at radius 2 is 1.73 bits per heavy atom. The third kappa shape index (κ3) is 6.00. The molecule has 2 rings (SSSR count). The highest BCUT2D eigenvalue weighted by atomic mass is 16.5. The van der Waals surface area contributed by atoms with Gasteiger partial charge in [0.05, 0.1) is 26.5 Å². The second-order valence-corrected chi connectivity index (χ2v) is 7.54. The quantitative estimate of drug-likeness (QED) is 0.617. The molecule has 0 spiro atoms. The van der Waals surface area contributed by atoms with Crippen LogP contribution < -0.4 is 20.1 Å². The molecule has 0 aliphatic heterocycles. The molecule has 2 unspecified atom stereocenters. The van der Waals surface area contributed by atoms with Crippen molar-refractivity contribution in [3.05, 3.63) is 47.9 Å². The van der Waals surface area contributed by atoms with E-state index in [0.717, 1.165) is 5.76 Å². The second kappa shape index (κ2) is 10.7. The van der Waals surface area contributed by atoms with Crippen LogP contribution in [0.3, 0.4) is 0 Å². The maximum atomic E-state index is 12.9. The van der Waals surface area contributed by atoms with Gasteiger partial charge in [-0.25, -0.2) is 0 Å². The summed E-state index contributed by atoms with van der Waals surface area (Å²) in [6, 6.07) is 7.75. The first kappa shape index (κ1) is 23.3. The number of carbonyl (C=O) groups is 2. The monoisotopic (exact) mass is 417 g/mol. The van der Waals surface area contributed by atoms with Crippen molar-refractivity contribution in [3.8, 4) is 11.5 Å². The van der Waals surface area contributed by atoms with E-state index >= 15 is 0 Å². The summed E-state index contributed by atoms with van der Waals surface area (Å²) < 4.78 is 15.9. The van der Waals surface area contributed by atoms with Gasteiger partial charge < -0.3 is 24.5 Å². The van der Waals surface area contributed by atoms with Gasteiger partial charge in [-0.15, -0.1) is 0 Å². The van der Waals surface area contributed by atoms with Gasteiger partial charge >= 0.3 is 0 Å². The molecular formula is C22H31N3O5. The predicted octanol–water partition coefficient (Wildman–Crippen LogP) is 2.47. The van der Waals surface area contributed by atoms with Crippen LogP contribution in [0.25, 0.3) is 0 Å². The first-order chi connectivity index (χ1) is 14.3. The summed E-state index contributed by atoms with van der Waals surface area (Å²) >= 11 is 0. The zero-order valence-electron chi connectivity index (χ0n) is 18.4. The van der Waals surface area contributed by atoms with E-state index in [2.05, 4.69) is 10.6 Å². The van der Waals surface area contributed by atoms with Crippen molar-refractivity contribution in [1.82, 2.24) is 15.5 Å². The molecule has 1 heterocycles. The third-order valence-corrected chi connectivity index (χ3v) is 4.81. The number of likely N-dealkylation sites (N-methyl/N-ethyl adjacent to an activating group) is 1. The SMILES string of the molecule is COc1cc(OC)cc(C(=O)NC(C(=O)NCC(c2ccco2)N(C)C)C(C)C)c1. The van der Waals surface area contributed by atoms with Crippen LogP contribution in [0, 0.1) is 5.92 Å². The molecule has 30 heavy (non-hydrogen) atoms. The average molecular weight is 418 g/mol. The molecule has 164 valence electrons. The van der Waals surface area contributed by atoms with Crippen molar-refractivity contribution < 1.29 is 23.5 Å². The Morgan fingerprint density at radius 3 is 2.20 bits per heavy atom. The number of benzene rings is 1. The highest BCUT2D eigenvalue weighted by molar-refractivity contribution is 5.98. The van der Waals surface area contributed by atoms with Crippen LogP contribution in [0.15, 0.2) is 41.0 Å². The lowest BCUT2D eigenvalue weighted by Crippen LogP contribution is -2.51. The highest BCUT2D eigenvalue weighted by Gasteiger charge is 2.27. The van der Waals surface area contributed by atoms with Gasteiger partial charge in [0, 0.05) is 18.2 Å². The Morgan fingerprint density at radius 1 is 1.10 bits per heavy atom. The van der Waals surface area contributed by atoms with Crippen molar-refractivity contribution in [3.63, 3.8) is 0 Å². The molecule has 0 aliphatic carbocycles. The van der Waals surface area contributed by atoms with Gasteiger partial charge in [0.2, 0.25) is 5.91 Å². The lowest BCUT2D eigenvalue weighted by atomic mass is 10.0. The van der Waals surface area contributed by atoms with Gasteiger partial charge in [-0.1, -0.05) is 13.8 Å². The molecule has 0 saturated heterocycles. The summed E-state index contributed by atoms with van der Waals surface area (Å²) in [5.41, 5.74) is 0.353. The van der Waals surface area contributed by atoms with E-state index in [1.165, 1.54) is 14.2 Å². The van der Waals surface area contributed by atoms with Gasteiger partial charge in [0.25, 0.3) is 5.91 Å². The number of hydrogen-bond donors (Lipinski definition) is 2. The van der Waals surface area contributed by atoms with E-state index in [9.17, 15) is 9.59 Å². The van der Waals surface area contributed by atoms with Gasteiger partial charge in [-0.3, -0.25) is 14.5 Å². The molecule has 1 aromatic carbocycles. The van der Waals surface area contributed by atoms with Crippen molar-refractivity contribution in [2.24, 2.45) is 5.92 Å². The fourth-order valence-corrected chi connectivity index (χ4v) is 3.02. The van der Waals surface area contributed by atoms with Crippen molar-refractivity contribution in [2.45, 2.75) is 25.9 Å². The van der Waals surface area contributed by atoms with E-state index < -0.39 is 6.04 Å². The fraction of sp³-hybridized carbons (Fsp3) is 0.455. The lowest BCUT2D eigenvalue weighted by Gasteiger charge is -2.26. The van der Waals surface area contributed by atoms with Gasteiger partial charge in [0.15, 0.2) is 0 Å². The van der Waals surface area contributed by atoms with Crippen molar-refractivity contribution in [2.75, 3.05) is 34.9 Å². The number of carbonyl (C=O) groups excluding carboxylic acids is 2. The fourth-order valence-electron chi connectivity index (χ4n) is 3.02. The number of methoxy groups -OCH3 is 2. The second-order valence-electron chi connectivity index (χ2n) is 7.54. The normalized spacial score (nSPS) is 13.1. The van der Waals surface area contributed by atoms with Crippen LogP contribution in [0.5, 0.6) is 11.5 Å². The largest absolute Gasteiger partial charge is 0.497 e. The zero-order valence-corrected chi connectivity index (χ0v) is 18.4. The lowest BCUT2D eigenvalue weighted by molar-refractivity contribution is -0.124. The number of ether oxygens (including phenoxy) is 2. The van der Waals surface area contributed by atoms with Crippen LogP contribution in [0.2, 0.25) is 0 Å². The molecule has 2 aromatic rings. The minimum absolute atomic E-state index is 0.108. The van der Waals surface area contributed by atoms with Crippen molar-refractivity contribution >= 4 is 11.8 Å². The number of hydrogen-bond acceptors (Lipinski definition) is 6. The standard InChI is InChI=1S/C22H31N3O5/c1-14(2)20(22(27)23-13-18(25(3)4)19-8-7-9-30-19)24-21(26)15-10-16(28-5)12-17(11-15)29-6/h7-12,14,18,20H,13H2,1-6H3,(H,23,27)(H,24,26). The molecule has 8 nitrogen and oxygen atoms in total. The third-order valence-electron chi connectivity index (χ3n) is 4.81. The molecule has 0 bridgehead atoms. The first-order valence-corrected chi connectivity index (χ1v) is 9.78. The average Bonchev–Trinajstić information content (AvgIpc) is 3.25. The topological polar surface area (TPSA) is 93.0 Å². The predicted molar refractivity (Wildman–Crippen MR) is 114 cm³/mol. The van der Waals surface area contributed by atoms with Gasteiger partial charge in [0.1, 0.15) is 23.3 Å². The Kier molecular flexibility index (Phi) is 8.29. The minimum atomic E-state index is -0.700. The number of furan rings is 1. The maximum absolute atomic E-state index is 12.9. The summed E-state index contributed by atoms with van der Waals surface area (Å²) in [7, 11) is 6.86. The molecule has 0 radical (unpaired) electrons. The summed E-state index contributed by atoms with van der Waals surface area (Å²) in [5.74, 6) is 1.01. The summed E-state index contributed by atoms with van der Waals surface area (Å²) in [4.78, 5) is 27.6. The maximum Gasteiger partial charge on any atom is 0.252 e. The molecular weight excluding hydrogens is 386 g/mol. The number of amides is 2.